The zero-order valence-corrected chi connectivity index (χ0v) is 8.62. The molecule has 16 heavy (non-hydrogen) atoms. The maximum Gasteiger partial charge on any atom is 0.416 e. The Hall–Kier alpha value is -2.30. The van der Waals surface area contributed by atoms with Gasteiger partial charge in [0.1, 0.15) is 12.1 Å². The van der Waals surface area contributed by atoms with Gasteiger partial charge >= 0.3 is 6.09 Å². The van der Waals surface area contributed by atoms with E-state index in [0.717, 1.165) is 10.1 Å². The molecule has 0 saturated carbocycles. The largest absolute Gasteiger partial charge is 0.497 e. The molecule has 0 unspecified atom stereocenters. The van der Waals surface area contributed by atoms with Gasteiger partial charge in [0.15, 0.2) is 0 Å². The molecule has 0 aliphatic rings. The second-order valence-electron chi connectivity index (χ2n) is 3.18. The minimum Gasteiger partial charge on any atom is -0.497 e. The molecule has 0 spiro atoms. The van der Waals surface area contributed by atoms with Gasteiger partial charge in [0, 0.05) is 11.8 Å². The van der Waals surface area contributed by atoms with Crippen molar-refractivity contribution in [2.45, 2.75) is 0 Å². The summed E-state index contributed by atoms with van der Waals surface area (Å²) in [5, 5.41) is 8.74. The minimum atomic E-state index is -1.05. The molecule has 0 aliphatic carbocycles. The van der Waals surface area contributed by atoms with Crippen LogP contribution in [0.2, 0.25) is 0 Å². The van der Waals surface area contributed by atoms with Crippen LogP contribution >= 0.6 is 0 Å². The maximum atomic E-state index is 10.7. The normalized spacial score (nSPS) is 10.1. The van der Waals surface area contributed by atoms with Crippen molar-refractivity contribution in [3.8, 4) is 17.0 Å². The summed E-state index contributed by atoms with van der Waals surface area (Å²) in [4.78, 5) is 14.7. The van der Waals surface area contributed by atoms with E-state index in [1.807, 2.05) is 18.2 Å². The molecule has 0 atom stereocenters. The zero-order chi connectivity index (χ0) is 11.5. The number of methoxy groups -OCH3 is 1. The summed E-state index contributed by atoms with van der Waals surface area (Å²) in [6.45, 7) is 0. The first kappa shape index (κ1) is 10.2. The van der Waals surface area contributed by atoms with Gasteiger partial charge in [-0.05, 0) is 12.1 Å². The summed E-state index contributed by atoms with van der Waals surface area (Å²) in [6.07, 6.45) is 1.66. The van der Waals surface area contributed by atoms with Crippen LogP contribution < -0.4 is 4.74 Å². The first-order valence-electron chi connectivity index (χ1n) is 4.62. The topological polar surface area (TPSA) is 64.3 Å². The number of imidazole rings is 1. The Morgan fingerprint density at radius 3 is 2.94 bits per heavy atom. The average molecular weight is 218 g/mol. The fraction of sp³-hybridized carbons (Fsp3) is 0.0909. The molecule has 2 rings (SSSR count). The number of hydrogen-bond acceptors (Lipinski definition) is 3. The number of carboxylic acid groups (broad SMARTS) is 1. The van der Waals surface area contributed by atoms with Gasteiger partial charge in [0.05, 0.1) is 12.8 Å². The van der Waals surface area contributed by atoms with E-state index in [2.05, 4.69) is 4.98 Å². The molecular weight excluding hydrogens is 208 g/mol. The summed E-state index contributed by atoms with van der Waals surface area (Å²) in [6, 6.07) is 7.29. The van der Waals surface area contributed by atoms with Crippen molar-refractivity contribution in [1.82, 2.24) is 9.55 Å². The third-order valence-corrected chi connectivity index (χ3v) is 2.17. The van der Waals surface area contributed by atoms with Crippen LogP contribution in [0, 0.1) is 0 Å². The van der Waals surface area contributed by atoms with Crippen LogP contribution in [-0.2, 0) is 0 Å². The number of rotatable bonds is 2. The van der Waals surface area contributed by atoms with E-state index in [1.54, 1.807) is 13.2 Å². The van der Waals surface area contributed by atoms with Gasteiger partial charge in [0.25, 0.3) is 0 Å². The van der Waals surface area contributed by atoms with Crippen LogP contribution in [0.25, 0.3) is 11.3 Å². The summed E-state index contributed by atoms with van der Waals surface area (Å²) in [5.74, 6) is 0.711. The lowest BCUT2D eigenvalue weighted by atomic mass is 10.1. The van der Waals surface area contributed by atoms with Crippen molar-refractivity contribution in [2.75, 3.05) is 7.11 Å². The lowest BCUT2D eigenvalue weighted by molar-refractivity contribution is 0.196. The molecule has 5 heteroatoms. The van der Waals surface area contributed by atoms with Crippen LogP contribution in [0.1, 0.15) is 0 Å². The molecule has 1 aromatic heterocycles. The van der Waals surface area contributed by atoms with Crippen molar-refractivity contribution in [1.29, 1.82) is 0 Å². The Kier molecular flexibility index (Phi) is 2.59. The van der Waals surface area contributed by atoms with E-state index in [4.69, 9.17) is 9.84 Å². The number of nitrogens with zero attached hydrogens (tertiary/aromatic N) is 2. The Bertz CT molecular complexity index is 519. The van der Waals surface area contributed by atoms with Crippen LogP contribution in [0.3, 0.4) is 0 Å². The minimum absolute atomic E-state index is 0.598. The molecule has 0 saturated heterocycles. The third-order valence-electron chi connectivity index (χ3n) is 2.17. The highest BCUT2D eigenvalue weighted by atomic mass is 16.5. The first-order valence-corrected chi connectivity index (χ1v) is 4.62. The van der Waals surface area contributed by atoms with Gasteiger partial charge in [-0.3, -0.25) is 0 Å². The molecule has 0 bridgehead atoms. The standard InChI is InChI=1S/C11H10N2O3/c1-16-9-4-2-3-8(5-9)10-6-13(7-12-10)11(14)15/h2-7H,1H3,(H,14,15). The van der Waals surface area contributed by atoms with Crippen molar-refractivity contribution in [3.63, 3.8) is 0 Å². The summed E-state index contributed by atoms with van der Waals surface area (Å²) >= 11 is 0. The van der Waals surface area contributed by atoms with Gasteiger partial charge in [-0.1, -0.05) is 12.1 Å². The highest BCUT2D eigenvalue weighted by Gasteiger charge is 2.06. The van der Waals surface area contributed by atoms with Crippen molar-refractivity contribution in [2.24, 2.45) is 0 Å². The Morgan fingerprint density at radius 2 is 2.31 bits per heavy atom. The van der Waals surface area contributed by atoms with E-state index in [-0.39, 0.29) is 0 Å². The number of carbonyl (C=O) groups is 1. The van der Waals surface area contributed by atoms with E-state index in [1.165, 1.54) is 12.5 Å². The van der Waals surface area contributed by atoms with Crippen LogP contribution in [0.4, 0.5) is 4.79 Å². The van der Waals surface area contributed by atoms with E-state index >= 15 is 0 Å². The molecule has 0 amide bonds. The summed E-state index contributed by atoms with van der Waals surface area (Å²) in [7, 11) is 1.58. The fourth-order valence-electron chi connectivity index (χ4n) is 1.36. The Morgan fingerprint density at radius 1 is 1.50 bits per heavy atom. The highest BCUT2D eigenvalue weighted by Crippen LogP contribution is 2.21. The smallest absolute Gasteiger partial charge is 0.416 e. The molecule has 0 fully saturated rings. The molecule has 0 radical (unpaired) electrons. The molecule has 1 aromatic carbocycles. The molecule has 82 valence electrons. The average Bonchev–Trinajstić information content (AvgIpc) is 2.78. The van der Waals surface area contributed by atoms with E-state index in [0.29, 0.717) is 11.4 Å². The van der Waals surface area contributed by atoms with Crippen molar-refractivity contribution in [3.05, 3.63) is 36.8 Å². The fourth-order valence-corrected chi connectivity index (χ4v) is 1.36. The maximum absolute atomic E-state index is 10.7. The quantitative estimate of drug-likeness (QED) is 0.838. The second kappa shape index (κ2) is 4.06. The molecule has 5 nitrogen and oxygen atoms in total. The molecule has 1 heterocycles. The lowest BCUT2D eigenvalue weighted by Crippen LogP contribution is -2.03. The zero-order valence-electron chi connectivity index (χ0n) is 8.62. The third kappa shape index (κ3) is 1.88. The van der Waals surface area contributed by atoms with Gasteiger partial charge in [0.2, 0.25) is 0 Å². The van der Waals surface area contributed by atoms with Gasteiger partial charge in [-0.25, -0.2) is 14.3 Å². The van der Waals surface area contributed by atoms with Crippen molar-refractivity contribution < 1.29 is 14.6 Å². The molecule has 0 aliphatic heterocycles. The van der Waals surface area contributed by atoms with E-state index < -0.39 is 6.09 Å². The number of hydrogen-bond donors (Lipinski definition) is 1. The first-order chi connectivity index (χ1) is 7.70. The Balaban J connectivity index is 2.38. The monoisotopic (exact) mass is 218 g/mol. The molecular formula is C11H10N2O3. The Labute approximate surface area is 91.9 Å². The van der Waals surface area contributed by atoms with E-state index in [9.17, 15) is 4.79 Å². The van der Waals surface area contributed by atoms with Crippen molar-refractivity contribution >= 4 is 6.09 Å². The number of ether oxygens (including phenoxy) is 1. The molecule has 1 N–H and O–H groups in total. The second-order valence-corrected chi connectivity index (χ2v) is 3.18. The number of benzene rings is 1. The van der Waals surface area contributed by atoms with Gasteiger partial charge < -0.3 is 9.84 Å². The summed E-state index contributed by atoms with van der Waals surface area (Å²) in [5.41, 5.74) is 1.42. The van der Waals surface area contributed by atoms with Crippen LogP contribution in [-0.4, -0.2) is 27.9 Å². The van der Waals surface area contributed by atoms with Gasteiger partial charge in [-0.15, -0.1) is 0 Å². The highest BCUT2D eigenvalue weighted by molar-refractivity contribution is 5.70. The van der Waals surface area contributed by atoms with Crippen LogP contribution in [0.5, 0.6) is 5.75 Å². The predicted octanol–water partition coefficient (Wildman–Crippen LogP) is 2.08. The SMILES string of the molecule is COc1cccc(-c2cn(C(=O)O)cn2)c1. The lowest BCUT2D eigenvalue weighted by Gasteiger charge is -2.01. The van der Waals surface area contributed by atoms with Crippen LogP contribution in [0.15, 0.2) is 36.8 Å². The summed E-state index contributed by atoms with van der Waals surface area (Å²) < 4.78 is 6.09. The number of aromatic nitrogens is 2. The predicted molar refractivity (Wildman–Crippen MR) is 57.6 cm³/mol. The van der Waals surface area contributed by atoms with Gasteiger partial charge in [-0.2, -0.15) is 0 Å². The molecule has 2 aromatic rings.